The second-order valence-electron chi connectivity index (χ2n) is 5.86. The molecule has 2 N–H and O–H groups in total. The smallest absolute Gasteiger partial charge is 0.158 e. The van der Waals surface area contributed by atoms with Crippen LogP contribution in [-0.2, 0) is 13.0 Å². The van der Waals surface area contributed by atoms with Crippen LogP contribution in [0.4, 0.5) is 5.82 Å². The van der Waals surface area contributed by atoms with E-state index in [9.17, 15) is 0 Å². The molecule has 0 aliphatic carbocycles. The molecule has 7 nitrogen and oxygen atoms in total. The van der Waals surface area contributed by atoms with Gasteiger partial charge >= 0.3 is 0 Å². The quantitative estimate of drug-likeness (QED) is 0.489. The molecule has 3 aromatic rings. The van der Waals surface area contributed by atoms with Gasteiger partial charge in [-0.25, -0.2) is 9.97 Å². The van der Waals surface area contributed by atoms with Gasteiger partial charge in [-0.15, -0.1) is 0 Å². The normalized spacial score (nSPS) is 10.9. The molecule has 0 atom stereocenters. The molecule has 0 saturated heterocycles. The molecule has 0 fully saturated rings. The van der Waals surface area contributed by atoms with Crippen molar-refractivity contribution in [3.05, 3.63) is 33.3 Å². The third-order valence-electron chi connectivity index (χ3n) is 4.10. The van der Waals surface area contributed by atoms with E-state index in [0.717, 1.165) is 62.7 Å². The molecule has 0 radical (unpaired) electrons. The van der Waals surface area contributed by atoms with Crippen LogP contribution >= 0.6 is 22.6 Å². The van der Waals surface area contributed by atoms with Gasteiger partial charge in [0.25, 0.3) is 0 Å². The summed E-state index contributed by atoms with van der Waals surface area (Å²) in [5.41, 5.74) is 2.62. The van der Waals surface area contributed by atoms with E-state index in [4.69, 9.17) is 9.47 Å². The number of benzene rings is 1. The van der Waals surface area contributed by atoms with E-state index < -0.39 is 0 Å². The largest absolute Gasteiger partial charge is 0.497 e. The van der Waals surface area contributed by atoms with Crippen molar-refractivity contribution in [1.82, 2.24) is 20.2 Å². The van der Waals surface area contributed by atoms with Crippen LogP contribution in [0.2, 0.25) is 0 Å². The maximum atomic E-state index is 5.47. The first-order valence-corrected chi connectivity index (χ1v) is 9.59. The predicted octanol–water partition coefficient (Wildman–Crippen LogP) is 3.93. The summed E-state index contributed by atoms with van der Waals surface area (Å²) in [5, 5.41) is 10.7. The minimum absolute atomic E-state index is 0.565. The number of hydrogen-bond acceptors (Lipinski definition) is 6. The monoisotopic (exact) mass is 467 g/mol. The first kappa shape index (κ1) is 18.7. The highest BCUT2D eigenvalue weighted by atomic mass is 127. The van der Waals surface area contributed by atoms with Gasteiger partial charge in [-0.1, -0.05) is 13.3 Å². The molecular formula is C18H22IN5O2. The van der Waals surface area contributed by atoms with E-state index >= 15 is 0 Å². The zero-order chi connectivity index (χ0) is 18.5. The Morgan fingerprint density at radius 1 is 1.15 bits per heavy atom. The van der Waals surface area contributed by atoms with Crippen molar-refractivity contribution in [2.75, 3.05) is 19.5 Å². The Kier molecular flexibility index (Phi) is 6.12. The van der Waals surface area contributed by atoms with Crippen molar-refractivity contribution in [3.63, 3.8) is 0 Å². The Labute approximate surface area is 166 Å². The number of methoxy groups -OCH3 is 2. The van der Waals surface area contributed by atoms with Crippen LogP contribution in [0.5, 0.6) is 11.5 Å². The van der Waals surface area contributed by atoms with Crippen molar-refractivity contribution < 1.29 is 9.47 Å². The average Bonchev–Trinajstić information content (AvgIpc) is 3.05. The molecule has 0 aliphatic rings. The van der Waals surface area contributed by atoms with E-state index in [1.807, 2.05) is 18.2 Å². The number of aromatic nitrogens is 4. The number of aryl methyl sites for hydroxylation is 1. The van der Waals surface area contributed by atoms with E-state index in [0.29, 0.717) is 6.54 Å². The van der Waals surface area contributed by atoms with Crippen LogP contribution in [-0.4, -0.2) is 34.4 Å². The number of nitrogens with one attached hydrogen (secondary N) is 2. The van der Waals surface area contributed by atoms with Crippen LogP contribution in [0.25, 0.3) is 11.0 Å². The maximum Gasteiger partial charge on any atom is 0.158 e. The van der Waals surface area contributed by atoms with Gasteiger partial charge in [0, 0.05) is 24.6 Å². The van der Waals surface area contributed by atoms with Crippen molar-refractivity contribution in [2.24, 2.45) is 0 Å². The minimum atomic E-state index is 0.565. The van der Waals surface area contributed by atoms with Crippen molar-refractivity contribution in [3.8, 4) is 11.5 Å². The number of fused-ring (bicyclic) bond motifs is 1. The molecule has 0 spiro atoms. The molecule has 0 amide bonds. The second kappa shape index (κ2) is 8.52. The number of aromatic amines is 1. The number of ether oxygens (including phenoxy) is 2. The summed E-state index contributed by atoms with van der Waals surface area (Å²) >= 11 is 2.21. The lowest BCUT2D eigenvalue weighted by Crippen LogP contribution is -2.07. The first-order chi connectivity index (χ1) is 12.7. The summed E-state index contributed by atoms with van der Waals surface area (Å²) < 4.78 is 11.6. The van der Waals surface area contributed by atoms with E-state index in [1.165, 1.54) is 0 Å². The lowest BCUT2D eigenvalue weighted by atomic mass is 10.2. The Morgan fingerprint density at radius 2 is 2.00 bits per heavy atom. The number of nitrogens with zero attached hydrogens (tertiary/aromatic N) is 3. The highest BCUT2D eigenvalue weighted by Gasteiger charge is 2.14. The molecule has 0 aliphatic heterocycles. The summed E-state index contributed by atoms with van der Waals surface area (Å²) in [5.74, 6) is 3.10. The average molecular weight is 467 g/mol. The van der Waals surface area contributed by atoms with Gasteiger partial charge in [0.15, 0.2) is 11.3 Å². The van der Waals surface area contributed by atoms with E-state index in [1.54, 1.807) is 14.2 Å². The summed E-state index contributed by atoms with van der Waals surface area (Å²) in [6.45, 7) is 2.73. The molecule has 2 aromatic heterocycles. The Hall–Kier alpha value is -2.10. The van der Waals surface area contributed by atoms with Crippen molar-refractivity contribution in [1.29, 1.82) is 0 Å². The minimum Gasteiger partial charge on any atom is -0.497 e. The molecular weight excluding hydrogens is 445 g/mol. The van der Waals surface area contributed by atoms with E-state index in [-0.39, 0.29) is 0 Å². The SMILES string of the molecule is CCCCc1nc(NCc2ccc(OC)cc2OC)c2n[nH]c(I)c2n1. The molecule has 2 heterocycles. The molecule has 8 heteroatoms. The molecule has 0 bridgehead atoms. The van der Waals surface area contributed by atoms with Crippen LogP contribution in [0.1, 0.15) is 31.2 Å². The first-order valence-electron chi connectivity index (χ1n) is 8.51. The number of anilines is 1. The number of hydrogen-bond donors (Lipinski definition) is 2. The topological polar surface area (TPSA) is 85.0 Å². The Bertz CT molecular complexity index is 897. The Morgan fingerprint density at radius 3 is 2.73 bits per heavy atom. The molecule has 138 valence electrons. The van der Waals surface area contributed by atoms with Gasteiger partial charge in [0.1, 0.15) is 26.5 Å². The van der Waals surface area contributed by atoms with Crippen molar-refractivity contribution in [2.45, 2.75) is 32.7 Å². The third kappa shape index (κ3) is 4.00. The van der Waals surface area contributed by atoms with Gasteiger partial charge in [0.2, 0.25) is 0 Å². The lowest BCUT2D eigenvalue weighted by Gasteiger charge is -2.12. The molecule has 26 heavy (non-hydrogen) atoms. The van der Waals surface area contributed by atoms with Gasteiger partial charge in [-0.3, -0.25) is 5.10 Å². The number of unbranched alkanes of at least 4 members (excludes halogenated alkanes) is 1. The molecule has 3 rings (SSSR count). The highest BCUT2D eigenvalue weighted by molar-refractivity contribution is 14.1. The second-order valence-corrected chi connectivity index (χ2v) is 6.94. The fourth-order valence-electron chi connectivity index (χ4n) is 2.66. The fourth-order valence-corrected chi connectivity index (χ4v) is 3.16. The van der Waals surface area contributed by atoms with Crippen molar-refractivity contribution >= 4 is 39.4 Å². The number of H-pyrrole nitrogens is 1. The summed E-state index contributed by atoms with van der Waals surface area (Å²) in [7, 11) is 3.29. The predicted molar refractivity (Wildman–Crippen MR) is 110 cm³/mol. The fraction of sp³-hybridized carbons (Fsp3) is 0.389. The maximum absolute atomic E-state index is 5.47. The van der Waals surface area contributed by atoms with Crippen LogP contribution in [0.3, 0.4) is 0 Å². The number of rotatable bonds is 8. The summed E-state index contributed by atoms with van der Waals surface area (Å²) in [4.78, 5) is 9.33. The van der Waals surface area contributed by atoms with Crippen LogP contribution in [0, 0.1) is 3.70 Å². The van der Waals surface area contributed by atoms with Crippen LogP contribution < -0.4 is 14.8 Å². The third-order valence-corrected chi connectivity index (χ3v) is 4.85. The highest BCUT2D eigenvalue weighted by Crippen LogP contribution is 2.27. The molecule has 0 unspecified atom stereocenters. The summed E-state index contributed by atoms with van der Waals surface area (Å²) in [6, 6.07) is 5.77. The standard InChI is InChI=1S/C18H22IN5O2/c1-4-5-6-14-21-15-16(23-24-17(15)19)18(22-14)20-10-11-7-8-12(25-2)9-13(11)26-3/h7-9H,4-6,10H2,1-3H3,(H,23,24)(H,20,21,22). The lowest BCUT2D eigenvalue weighted by molar-refractivity contribution is 0.391. The zero-order valence-corrected chi connectivity index (χ0v) is 17.3. The van der Waals surface area contributed by atoms with Gasteiger partial charge in [-0.05, 0) is 41.1 Å². The zero-order valence-electron chi connectivity index (χ0n) is 15.1. The van der Waals surface area contributed by atoms with Crippen LogP contribution in [0.15, 0.2) is 18.2 Å². The molecule has 0 saturated carbocycles. The van der Waals surface area contributed by atoms with Gasteiger partial charge < -0.3 is 14.8 Å². The number of halogens is 1. The molecule has 1 aromatic carbocycles. The van der Waals surface area contributed by atoms with Gasteiger partial charge in [0.05, 0.1) is 14.2 Å². The Balaban J connectivity index is 1.88. The van der Waals surface area contributed by atoms with Gasteiger partial charge in [-0.2, -0.15) is 5.10 Å². The summed E-state index contributed by atoms with van der Waals surface area (Å²) in [6.07, 6.45) is 3.02. The van der Waals surface area contributed by atoms with E-state index in [2.05, 4.69) is 55.0 Å².